The highest BCUT2D eigenvalue weighted by molar-refractivity contribution is 7.99. The van der Waals surface area contributed by atoms with Crippen molar-refractivity contribution in [1.82, 2.24) is 92.2 Å². The van der Waals surface area contributed by atoms with Crippen molar-refractivity contribution in [2.45, 2.75) is 154 Å². The van der Waals surface area contributed by atoms with Gasteiger partial charge < -0.3 is 84.6 Å². The number of H-pyrrole nitrogens is 2. The topological polar surface area (TPSA) is 524 Å². The minimum atomic E-state index is -1.96. The zero-order valence-electron chi connectivity index (χ0n) is 66.0. The van der Waals surface area contributed by atoms with Crippen molar-refractivity contribution in [3.05, 3.63) is 90.1 Å². The minimum absolute atomic E-state index is 0.00231. The second kappa shape index (κ2) is 43.9. The summed E-state index contributed by atoms with van der Waals surface area (Å²) in [6, 6.07) is 7.93. The van der Waals surface area contributed by atoms with Crippen molar-refractivity contribution in [3.8, 4) is 0 Å². The number of benzene rings is 2. The van der Waals surface area contributed by atoms with E-state index in [0.717, 1.165) is 0 Å². The fraction of sp³-hybridized carbons (Fsp3) is 0.592. The number of nitrogens with one attached hydrogen (secondary N) is 11. The summed E-state index contributed by atoms with van der Waals surface area (Å²) in [4.78, 5) is 210. The Balaban J connectivity index is 0.994. The number of imidazole rings is 1. The van der Waals surface area contributed by atoms with Gasteiger partial charge in [0.25, 0.3) is 0 Å². The fourth-order valence-electron chi connectivity index (χ4n) is 14.0. The molecule has 3 aliphatic heterocycles. The lowest BCUT2D eigenvalue weighted by Gasteiger charge is -2.34. The number of carboxylic acid groups (broad SMARTS) is 3. The molecule has 2 aromatic heterocycles. The minimum Gasteiger partial charge on any atom is -0.480 e. The lowest BCUT2D eigenvalue weighted by Crippen LogP contribution is -2.65. The Morgan fingerprint density at radius 2 is 1.15 bits per heavy atom. The molecule has 3 fully saturated rings. The van der Waals surface area contributed by atoms with Crippen LogP contribution in [0.2, 0.25) is 0 Å². The first kappa shape index (κ1) is 91.1. The first-order chi connectivity index (χ1) is 54.0. The van der Waals surface area contributed by atoms with Crippen LogP contribution >= 0.6 is 11.8 Å². The van der Waals surface area contributed by atoms with Crippen molar-refractivity contribution in [2.24, 2.45) is 22.8 Å². The van der Waals surface area contributed by atoms with E-state index in [1.165, 1.54) is 26.4 Å². The van der Waals surface area contributed by atoms with Crippen LogP contribution in [-0.4, -0.2) is 319 Å². The Kier molecular flexibility index (Phi) is 35.1. The Hall–Kier alpha value is -10.1. The van der Waals surface area contributed by atoms with Crippen LogP contribution in [0.25, 0.3) is 10.9 Å². The summed E-state index contributed by atoms with van der Waals surface area (Å²) in [5.41, 5.74) is 10.8. The third kappa shape index (κ3) is 30.3. The Bertz CT molecular complexity index is 3920. The first-order valence-corrected chi connectivity index (χ1v) is 39.6. The number of thioether (sulfide) groups is 1. The van der Waals surface area contributed by atoms with E-state index in [1.54, 1.807) is 102 Å². The van der Waals surface area contributed by atoms with Crippen molar-refractivity contribution in [2.75, 3.05) is 123 Å². The van der Waals surface area contributed by atoms with Gasteiger partial charge in [-0.2, -0.15) is 0 Å². The van der Waals surface area contributed by atoms with E-state index in [0.29, 0.717) is 78.3 Å². The number of carboxylic acids is 3. The van der Waals surface area contributed by atoms with Crippen molar-refractivity contribution in [1.29, 1.82) is 0 Å². The highest BCUT2D eigenvalue weighted by Gasteiger charge is 2.42. The number of likely N-dealkylation sites (tertiary alicyclic amines) is 1. The number of nitrogens with zero attached hydrogens (tertiary/aromatic N) is 7. The number of rotatable bonds is 40. The van der Waals surface area contributed by atoms with Gasteiger partial charge in [-0.25, -0.2) is 4.98 Å². The molecule has 38 heteroatoms. The molecule has 626 valence electrons. The number of piperidine rings is 1. The molecule has 3 aliphatic rings. The van der Waals surface area contributed by atoms with Crippen LogP contribution in [0.4, 0.5) is 0 Å². The predicted molar refractivity (Wildman–Crippen MR) is 422 cm³/mol. The number of aliphatic carboxylic acids is 3. The van der Waals surface area contributed by atoms with Crippen LogP contribution in [-0.2, 0) is 86.4 Å². The molecule has 0 radical (unpaired) electrons. The summed E-state index contributed by atoms with van der Waals surface area (Å²) in [6.45, 7) is 12.8. The van der Waals surface area contributed by atoms with Crippen LogP contribution in [0.5, 0.6) is 0 Å². The highest BCUT2D eigenvalue weighted by atomic mass is 32.2. The third-order valence-corrected chi connectivity index (χ3v) is 21.2. The van der Waals surface area contributed by atoms with Crippen LogP contribution in [0.3, 0.4) is 0 Å². The smallest absolute Gasteiger partial charge is 0.317 e. The summed E-state index contributed by atoms with van der Waals surface area (Å²) in [5, 5.41) is 54.8. The van der Waals surface area contributed by atoms with Crippen molar-refractivity contribution in [3.63, 3.8) is 0 Å². The zero-order chi connectivity index (χ0) is 83.4. The summed E-state index contributed by atoms with van der Waals surface area (Å²) in [5.74, 6) is -9.74. The Morgan fingerprint density at radius 1 is 0.596 bits per heavy atom. The molecule has 3 saturated heterocycles. The van der Waals surface area contributed by atoms with E-state index in [9.17, 15) is 72.9 Å². The van der Waals surface area contributed by atoms with Gasteiger partial charge in [0.05, 0.1) is 51.6 Å². The standard InChI is InChI=1S/C76H114N20O17S/c1-47(2)31-53(38-96-46-114-44-59(96)68(78)107)85-70(109)58(33-52-36-79-45-82-52)86-61(98)37-81-73(112)67(75(4,5)6)89-69(108)48(3)83-74(113)76(7,34-50-35-80-55-16-12-11-15-54(50)55)90-72(111)56(17-18-60(77)97)88-71(110)57(32-49-13-9-8-10-14-49)87-63(100)40-91-21-19-51(20-22-91)84-62(99)39-92-23-25-93(41-64(101)102)27-29-95(43-66(105)106)30-28-94(26-24-92)42-65(103)104/h8-16,35-36,45,47-48,51,53,56-59,67,80H,17-34,37-44,46H2,1-7H3,(H2,77,97)(H2,78,107)(H,79,82)(H,81,112)(H,83,113)(H,84,99)(H,85,109)(H,86,98)(H,87,100)(H,88,110)(H,89,108)(H,90,111)(H,101,102)(H,103,104)(H,105,106)/t48-,53?,56-,57+,58-,59-,67+,76-/m0/s1. The van der Waals surface area contributed by atoms with E-state index < -0.39 is 143 Å². The predicted octanol–water partition coefficient (Wildman–Crippen LogP) is -2.89. The molecule has 7 rings (SSSR count). The van der Waals surface area contributed by atoms with Gasteiger partial charge in [0.1, 0.15) is 35.7 Å². The van der Waals surface area contributed by atoms with E-state index in [4.69, 9.17) is 11.5 Å². The lowest BCUT2D eigenvalue weighted by atomic mass is 9.86. The number of para-hydroxylation sites is 1. The molecule has 0 spiro atoms. The van der Waals surface area contributed by atoms with Gasteiger partial charge in [-0.1, -0.05) is 83.1 Å². The number of carbonyl (C=O) groups is 14. The molecule has 8 atom stereocenters. The number of amides is 11. The van der Waals surface area contributed by atoms with E-state index in [-0.39, 0.29) is 129 Å². The maximum atomic E-state index is 15.1. The largest absolute Gasteiger partial charge is 0.480 e. The number of hydrogen-bond donors (Lipinski definition) is 16. The second-order valence-corrected chi connectivity index (χ2v) is 32.3. The fourth-order valence-corrected chi connectivity index (χ4v) is 15.2. The summed E-state index contributed by atoms with van der Waals surface area (Å²) < 4.78 is 0. The lowest BCUT2D eigenvalue weighted by molar-refractivity contribution is -0.140. The molecule has 18 N–H and O–H groups in total. The van der Waals surface area contributed by atoms with Gasteiger partial charge in [-0.3, -0.25) is 96.5 Å². The van der Waals surface area contributed by atoms with Crippen LogP contribution in [0.1, 0.15) is 97.4 Å². The summed E-state index contributed by atoms with van der Waals surface area (Å²) in [6.07, 6.45) is 4.95. The molecule has 0 bridgehead atoms. The molecule has 5 heterocycles. The van der Waals surface area contributed by atoms with Crippen LogP contribution in [0, 0.1) is 11.3 Å². The monoisotopic (exact) mass is 1610 g/mol. The number of nitrogens with two attached hydrogens (primary N) is 2. The molecular formula is C76H114N20O17S. The summed E-state index contributed by atoms with van der Waals surface area (Å²) in [7, 11) is 0. The molecule has 11 amide bonds. The van der Waals surface area contributed by atoms with E-state index in [1.807, 2.05) is 34.6 Å². The van der Waals surface area contributed by atoms with Gasteiger partial charge in [-0.05, 0) is 68.1 Å². The molecule has 4 aromatic rings. The van der Waals surface area contributed by atoms with Crippen LogP contribution < -0.4 is 59.3 Å². The molecule has 0 aliphatic carbocycles. The molecule has 0 saturated carbocycles. The molecule has 1 unspecified atom stereocenters. The number of primary amides is 2. The average Bonchev–Trinajstić information content (AvgIpc) is 1.66. The number of aromatic nitrogens is 3. The molecular weight excluding hydrogens is 1500 g/mol. The third-order valence-electron chi connectivity index (χ3n) is 20.1. The van der Waals surface area contributed by atoms with Gasteiger partial charge in [0.15, 0.2) is 0 Å². The van der Waals surface area contributed by atoms with Crippen LogP contribution in [0.15, 0.2) is 73.3 Å². The first-order valence-electron chi connectivity index (χ1n) is 38.4. The SMILES string of the molecule is CC(C)CC(CN1CSC[C@H]1C(N)=O)NC(=O)[C@H](Cc1cnc[nH]1)NC(=O)CNC(=O)[C@@H](NC(=O)[C@H](C)NC(=O)[C@](C)(Cc1c[nH]c2ccccc12)NC(=O)[C@H](CCC(N)=O)NC(=O)[C@@H](Cc1ccccc1)NC(=O)CN1CCC(NC(=O)CN2CCN(CC(=O)O)CCN(CC(=O)O)CCN(CC(=O)O)CC2)CC1)C(C)(C)C. The number of fused-ring (bicyclic) bond motifs is 1. The van der Waals surface area contributed by atoms with Crippen molar-refractivity contribution >= 4 is 106 Å². The van der Waals surface area contributed by atoms with E-state index >= 15 is 9.59 Å². The molecule has 2 aromatic carbocycles. The zero-order valence-corrected chi connectivity index (χ0v) is 66.8. The van der Waals surface area contributed by atoms with Gasteiger partial charge in [0, 0.05) is 150 Å². The van der Waals surface area contributed by atoms with Gasteiger partial charge in [-0.15, -0.1) is 11.8 Å². The highest BCUT2D eigenvalue weighted by Crippen LogP contribution is 2.26. The number of aromatic amines is 2. The van der Waals surface area contributed by atoms with E-state index in [2.05, 4.69) is 62.8 Å². The second-order valence-electron chi connectivity index (χ2n) is 31.3. The van der Waals surface area contributed by atoms with Gasteiger partial charge in [0.2, 0.25) is 65.0 Å². The molecule has 114 heavy (non-hydrogen) atoms. The Labute approximate surface area is 666 Å². The quantitative estimate of drug-likeness (QED) is 0.0213. The maximum absolute atomic E-state index is 15.1. The van der Waals surface area contributed by atoms with Crippen molar-refractivity contribution < 1.29 is 82.4 Å². The molecule has 37 nitrogen and oxygen atoms in total. The normalized spacial score (nSPS) is 18.3. The number of carbonyl (C=O) groups excluding carboxylic acids is 11. The van der Waals surface area contributed by atoms with Gasteiger partial charge >= 0.3 is 17.9 Å². The average molecular weight is 1610 g/mol. The Morgan fingerprint density at radius 3 is 1.71 bits per heavy atom. The summed E-state index contributed by atoms with van der Waals surface area (Å²) >= 11 is 1.56. The maximum Gasteiger partial charge on any atom is 0.317 e. The number of hydrogen-bond acceptors (Lipinski definition) is 22.